The molecule has 7 rings (SSSR count). The molecule has 0 spiro atoms. The average molecular weight is 495 g/mol. The second-order valence-electron chi connectivity index (χ2n) is 12.8. The first-order chi connectivity index (χ1) is 18.3. The minimum Gasteiger partial charge on any atom is -0.0911 e. The molecule has 1 saturated carbocycles. The van der Waals surface area contributed by atoms with Gasteiger partial charge >= 0.3 is 0 Å². The van der Waals surface area contributed by atoms with Gasteiger partial charge in [-0.1, -0.05) is 105 Å². The van der Waals surface area contributed by atoms with Gasteiger partial charge in [-0.05, 0) is 117 Å². The Balaban J connectivity index is 1.22. The number of allylic oxidation sites excluding steroid dienone is 17. The summed E-state index contributed by atoms with van der Waals surface area (Å²) in [7, 11) is 0. The lowest BCUT2D eigenvalue weighted by molar-refractivity contribution is 0.204. The highest BCUT2D eigenvalue weighted by molar-refractivity contribution is 5.87. The molecule has 1 aromatic carbocycles. The van der Waals surface area contributed by atoms with Gasteiger partial charge in [0.25, 0.3) is 0 Å². The average Bonchev–Trinajstić information content (AvgIpc) is 3.16. The molecule has 190 valence electrons. The molecular weight excluding hydrogens is 456 g/mol. The lowest BCUT2D eigenvalue weighted by atomic mass is 9.67. The van der Waals surface area contributed by atoms with Gasteiger partial charge in [-0.2, -0.15) is 0 Å². The van der Waals surface area contributed by atoms with Gasteiger partial charge in [0, 0.05) is 5.92 Å². The first-order valence-electron chi connectivity index (χ1n) is 14.4. The number of fused-ring (bicyclic) bond motifs is 3. The van der Waals surface area contributed by atoms with E-state index in [1.54, 1.807) is 22.3 Å². The van der Waals surface area contributed by atoms with Crippen LogP contribution in [0.3, 0.4) is 0 Å². The Labute approximate surface area is 227 Å². The molecule has 0 nitrogen and oxygen atoms in total. The highest BCUT2D eigenvalue weighted by atomic mass is 14.5. The number of benzene rings is 1. The van der Waals surface area contributed by atoms with Crippen LogP contribution in [-0.4, -0.2) is 0 Å². The molecule has 6 aliphatic rings. The summed E-state index contributed by atoms with van der Waals surface area (Å²) in [5.74, 6) is 1.57. The van der Waals surface area contributed by atoms with Gasteiger partial charge in [0.1, 0.15) is 0 Å². The van der Waals surface area contributed by atoms with Crippen LogP contribution in [0, 0.1) is 17.3 Å². The van der Waals surface area contributed by atoms with E-state index in [-0.39, 0.29) is 5.41 Å². The van der Waals surface area contributed by atoms with Crippen LogP contribution in [0.5, 0.6) is 0 Å². The molecule has 0 radical (unpaired) electrons. The van der Waals surface area contributed by atoms with Crippen LogP contribution in [0.2, 0.25) is 0 Å². The normalized spacial score (nSPS) is 28.2. The third-order valence-electron chi connectivity index (χ3n) is 10.3. The van der Waals surface area contributed by atoms with E-state index in [1.807, 2.05) is 0 Å². The van der Waals surface area contributed by atoms with Crippen molar-refractivity contribution >= 4 is 18.2 Å². The Morgan fingerprint density at radius 2 is 1.63 bits per heavy atom. The van der Waals surface area contributed by atoms with E-state index in [1.165, 1.54) is 57.9 Å². The molecule has 6 aliphatic carbocycles. The zero-order valence-corrected chi connectivity index (χ0v) is 23.1. The van der Waals surface area contributed by atoms with Crippen molar-refractivity contribution in [3.05, 3.63) is 134 Å². The van der Waals surface area contributed by atoms with Crippen LogP contribution in [-0.2, 0) is 0 Å². The van der Waals surface area contributed by atoms with E-state index in [4.69, 9.17) is 6.58 Å². The van der Waals surface area contributed by atoms with Crippen LogP contribution < -0.4 is 10.4 Å². The van der Waals surface area contributed by atoms with Crippen LogP contribution in [0.1, 0.15) is 69.9 Å². The van der Waals surface area contributed by atoms with Crippen molar-refractivity contribution in [1.29, 1.82) is 0 Å². The van der Waals surface area contributed by atoms with Crippen LogP contribution in [0.25, 0.3) is 18.2 Å². The van der Waals surface area contributed by atoms with E-state index in [2.05, 4.69) is 100 Å². The summed E-state index contributed by atoms with van der Waals surface area (Å²) < 4.78 is 0. The standard InChI is InChI=1S/C38H38/c1-23-9-12-26(13-10-23)30-17-20-33-32-19-16-29(21-34(32)38(4,5)35(33)22-30)25(3)31-18-15-28-8-6-7-27-14-11-24(2)36(31)37(27)28/h6-9,11-12,14,16-20,28,34-35H,2-3,10,13,15,21-22H2,1,4-5H3. The van der Waals surface area contributed by atoms with Gasteiger partial charge in [0.15, 0.2) is 0 Å². The van der Waals surface area contributed by atoms with Crippen LogP contribution in [0.4, 0.5) is 0 Å². The smallest absolute Gasteiger partial charge is 0.00682 e. The molecule has 0 heterocycles. The van der Waals surface area contributed by atoms with Gasteiger partial charge in [-0.15, -0.1) is 0 Å². The highest BCUT2D eigenvalue weighted by Crippen LogP contribution is 2.61. The fourth-order valence-corrected chi connectivity index (χ4v) is 7.97. The van der Waals surface area contributed by atoms with Crippen molar-refractivity contribution in [1.82, 2.24) is 0 Å². The third-order valence-corrected chi connectivity index (χ3v) is 10.3. The highest BCUT2D eigenvalue weighted by Gasteiger charge is 2.50. The molecule has 0 N–H and O–H groups in total. The summed E-state index contributed by atoms with van der Waals surface area (Å²) in [6.07, 6.45) is 29.3. The third kappa shape index (κ3) is 3.49. The van der Waals surface area contributed by atoms with Crippen molar-refractivity contribution in [2.24, 2.45) is 17.3 Å². The summed E-state index contributed by atoms with van der Waals surface area (Å²) in [4.78, 5) is 0. The summed E-state index contributed by atoms with van der Waals surface area (Å²) in [5.41, 5.74) is 14.6. The lowest BCUT2D eigenvalue weighted by Crippen LogP contribution is -2.28. The van der Waals surface area contributed by atoms with E-state index < -0.39 is 0 Å². The Morgan fingerprint density at radius 1 is 0.868 bits per heavy atom. The second-order valence-corrected chi connectivity index (χ2v) is 12.8. The molecular formula is C38H38. The van der Waals surface area contributed by atoms with Crippen LogP contribution >= 0.6 is 0 Å². The molecule has 0 aromatic heterocycles. The van der Waals surface area contributed by atoms with Gasteiger partial charge in [0.05, 0.1) is 0 Å². The van der Waals surface area contributed by atoms with Crippen molar-refractivity contribution < 1.29 is 0 Å². The molecule has 1 aromatic rings. The molecule has 0 bridgehead atoms. The zero-order chi connectivity index (χ0) is 26.2. The summed E-state index contributed by atoms with van der Waals surface area (Å²) in [6.45, 7) is 16.4. The van der Waals surface area contributed by atoms with Crippen LogP contribution in [0.15, 0.2) is 112 Å². The van der Waals surface area contributed by atoms with Crippen molar-refractivity contribution in [3.8, 4) is 0 Å². The molecule has 1 fully saturated rings. The molecule has 3 atom stereocenters. The first-order valence-corrected chi connectivity index (χ1v) is 14.4. The predicted octanol–water partition coefficient (Wildman–Crippen LogP) is 8.33. The Bertz CT molecular complexity index is 1650. The quantitative estimate of drug-likeness (QED) is 0.396. The van der Waals surface area contributed by atoms with E-state index in [0.29, 0.717) is 17.8 Å². The van der Waals surface area contributed by atoms with E-state index >= 15 is 0 Å². The number of rotatable bonds is 3. The zero-order valence-electron chi connectivity index (χ0n) is 23.1. The molecule has 0 heteroatoms. The van der Waals surface area contributed by atoms with Gasteiger partial charge in [-0.25, -0.2) is 0 Å². The monoisotopic (exact) mass is 494 g/mol. The minimum absolute atomic E-state index is 0.215. The maximum absolute atomic E-state index is 4.71. The Kier molecular flexibility index (Phi) is 5.35. The van der Waals surface area contributed by atoms with Gasteiger partial charge in [-0.3, -0.25) is 0 Å². The fraction of sp³-hybridized carbons (Fsp3) is 0.316. The largest absolute Gasteiger partial charge is 0.0911 e. The maximum Gasteiger partial charge on any atom is 0.00682 e. The maximum atomic E-state index is 4.71. The van der Waals surface area contributed by atoms with E-state index in [9.17, 15) is 0 Å². The van der Waals surface area contributed by atoms with Crippen molar-refractivity contribution in [3.63, 3.8) is 0 Å². The SMILES string of the molecule is C=C(C1=CC=C2C3=CC=C(C4=CC=C(C)CC4)CC3C(C)(C)C2C1)C1=CCC2C=CC=c3ccc(=C)c1c32. The van der Waals surface area contributed by atoms with Crippen molar-refractivity contribution in [2.45, 2.75) is 58.8 Å². The first kappa shape index (κ1) is 23.7. The summed E-state index contributed by atoms with van der Waals surface area (Å²) >= 11 is 0. The van der Waals surface area contributed by atoms with Crippen molar-refractivity contribution in [2.75, 3.05) is 0 Å². The van der Waals surface area contributed by atoms with Gasteiger partial charge < -0.3 is 0 Å². The Hall–Kier alpha value is -3.38. The van der Waals surface area contributed by atoms with E-state index in [0.717, 1.165) is 18.1 Å². The molecule has 0 aliphatic heterocycles. The molecule has 38 heavy (non-hydrogen) atoms. The van der Waals surface area contributed by atoms with Gasteiger partial charge in [0.2, 0.25) is 0 Å². The summed E-state index contributed by atoms with van der Waals surface area (Å²) in [5, 5.41) is 2.46. The fourth-order valence-electron chi connectivity index (χ4n) is 7.97. The molecule has 3 unspecified atom stereocenters. The molecule has 0 saturated heterocycles. The molecule has 0 amide bonds. The minimum atomic E-state index is 0.215. The predicted molar refractivity (Wildman–Crippen MR) is 163 cm³/mol. The summed E-state index contributed by atoms with van der Waals surface area (Å²) in [6, 6.07) is 4.42. The lowest BCUT2D eigenvalue weighted by Gasteiger charge is -2.36. The second kappa shape index (κ2) is 8.57. The topological polar surface area (TPSA) is 0 Å². The number of hydrogen-bond donors (Lipinski definition) is 0. The number of hydrogen-bond acceptors (Lipinski definition) is 0. The Morgan fingerprint density at radius 3 is 2.42 bits per heavy atom.